The van der Waals surface area contributed by atoms with Crippen LogP contribution in [0.3, 0.4) is 0 Å². The van der Waals surface area contributed by atoms with Crippen LogP contribution in [0.15, 0.2) is 30.9 Å². The first-order valence-corrected chi connectivity index (χ1v) is 7.11. The van der Waals surface area contributed by atoms with E-state index in [0.29, 0.717) is 9.13 Å². The van der Waals surface area contributed by atoms with Gasteiger partial charge >= 0.3 is 5.97 Å². The fraction of sp³-hybridized carbons (Fsp3) is 0.286. The second-order valence-corrected chi connectivity index (χ2v) is 5.11. The molecule has 6 heteroatoms. The molecule has 1 amide bonds. The summed E-state index contributed by atoms with van der Waals surface area (Å²) in [5.41, 5.74) is 0.314. The number of amides is 1. The first kappa shape index (κ1) is 16.5. The van der Waals surface area contributed by atoms with Crippen LogP contribution in [0.5, 0.6) is 5.75 Å². The van der Waals surface area contributed by atoms with E-state index in [1.165, 1.54) is 17.0 Å². The van der Waals surface area contributed by atoms with E-state index in [9.17, 15) is 14.7 Å². The molecule has 5 nitrogen and oxygen atoms in total. The van der Waals surface area contributed by atoms with Gasteiger partial charge in [0.05, 0.1) is 10.2 Å². The number of hydrogen-bond donors (Lipinski definition) is 1. The highest BCUT2D eigenvalue weighted by Crippen LogP contribution is 2.21. The van der Waals surface area contributed by atoms with Crippen LogP contribution in [0.2, 0.25) is 0 Å². The first-order valence-electron chi connectivity index (χ1n) is 6.03. The summed E-state index contributed by atoms with van der Waals surface area (Å²) >= 11 is 1.96. The Kier molecular flexibility index (Phi) is 6.50. The Morgan fingerprint density at radius 3 is 2.75 bits per heavy atom. The zero-order chi connectivity index (χ0) is 15.1. The minimum atomic E-state index is -0.475. The van der Waals surface area contributed by atoms with Crippen LogP contribution >= 0.6 is 22.6 Å². The predicted molar refractivity (Wildman–Crippen MR) is 83.6 cm³/mol. The molecule has 0 aliphatic heterocycles. The minimum absolute atomic E-state index is 0.0335. The van der Waals surface area contributed by atoms with E-state index in [2.05, 4.69) is 6.58 Å². The number of phenols is 1. The molecule has 1 rings (SSSR count). The van der Waals surface area contributed by atoms with Crippen molar-refractivity contribution in [3.8, 4) is 5.75 Å². The molecule has 0 bridgehead atoms. The molecule has 0 spiro atoms. The maximum atomic E-state index is 12.3. The number of aromatic hydroxyl groups is 1. The molecular weight excluding hydrogens is 373 g/mol. The Balaban J connectivity index is 2.89. The lowest BCUT2D eigenvalue weighted by Gasteiger charge is -2.20. The van der Waals surface area contributed by atoms with Crippen molar-refractivity contribution >= 4 is 34.5 Å². The summed E-state index contributed by atoms with van der Waals surface area (Å²) in [5, 5.41) is 9.64. The second kappa shape index (κ2) is 7.88. The van der Waals surface area contributed by atoms with Crippen molar-refractivity contribution < 1.29 is 19.4 Å². The van der Waals surface area contributed by atoms with Gasteiger partial charge in [-0.05, 0) is 47.7 Å². The molecule has 0 atom stereocenters. The molecule has 0 aliphatic carbocycles. The van der Waals surface area contributed by atoms with Crippen molar-refractivity contribution in [1.82, 2.24) is 4.90 Å². The molecule has 1 N–H and O–H groups in total. The normalized spacial score (nSPS) is 9.90. The molecule has 1 aromatic rings. The lowest BCUT2D eigenvalue weighted by atomic mass is 10.2. The molecular formula is C14H16INO4. The Labute approximate surface area is 131 Å². The maximum absolute atomic E-state index is 12.3. The number of rotatable bonds is 6. The second-order valence-electron chi connectivity index (χ2n) is 3.95. The zero-order valence-electron chi connectivity index (χ0n) is 11.1. The summed E-state index contributed by atoms with van der Waals surface area (Å²) < 4.78 is 5.48. The Hall–Kier alpha value is -1.57. The van der Waals surface area contributed by atoms with Crippen LogP contribution in [-0.4, -0.2) is 41.6 Å². The largest absolute Gasteiger partial charge is 0.507 e. The van der Waals surface area contributed by atoms with Crippen molar-refractivity contribution in [2.24, 2.45) is 0 Å². The Morgan fingerprint density at radius 2 is 2.20 bits per heavy atom. The lowest BCUT2D eigenvalue weighted by Crippen LogP contribution is -2.36. The summed E-state index contributed by atoms with van der Waals surface area (Å²) in [6.45, 7) is 5.61. The van der Waals surface area contributed by atoms with Crippen molar-refractivity contribution in [1.29, 1.82) is 0 Å². The third-order valence-electron chi connectivity index (χ3n) is 2.46. The predicted octanol–water partition coefficient (Wildman–Crippen LogP) is 2.19. The number of halogens is 1. The molecule has 20 heavy (non-hydrogen) atoms. The molecule has 1 aromatic carbocycles. The topological polar surface area (TPSA) is 66.8 Å². The van der Waals surface area contributed by atoms with E-state index < -0.39 is 5.97 Å². The fourth-order valence-corrected chi connectivity index (χ4v) is 1.90. The maximum Gasteiger partial charge on any atom is 0.325 e. The first-order chi connectivity index (χ1) is 9.49. The van der Waals surface area contributed by atoms with Crippen molar-refractivity contribution in [3.63, 3.8) is 0 Å². The molecule has 0 radical (unpaired) electrons. The number of carbonyl (C=O) groups excluding carboxylic acids is 2. The van der Waals surface area contributed by atoms with Crippen LogP contribution in [0.4, 0.5) is 0 Å². The third-order valence-corrected chi connectivity index (χ3v) is 3.37. The van der Waals surface area contributed by atoms with Crippen LogP contribution in [0, 0.1) is 3.57 Å². The van der Waals surface area contributed by atoms with Gasteiger partial charge in [0, 0.05) is 12.1 Å². The van der Waals surface area contributed by atoms with Gasteiger partial charge in [-0.3, -0.25) is 9.59 Å². The van der Waals surface area contributed by atoms with Gasteiger partial charge in [-0.25, -0.2) is 0 Å². The summed E-state index contributed by atoms with van der Waals surface area (Å²) in [4.78, 5) is 25.1. The zero-order valence-corrected chi connectivity index (χ0v) is 13.3. The monoisotopic (exact) mass is 389 g/mol. The number of ether oxygens (including phenoxy) is 1. The summed E-state index contributed by atoms with van der Waals surface area (Å²) in [7, 11) is 0. The molecule has 108 valence electrons. The van der Waals surface area contributed by atoms with E-state index in [1.807, 2.05) is 22.6 Å². The highest BCUT2D eigenvalue weighted by molar-refractivity contribution is 14.1. The molecule has 0 saturated carbocycles. The van der Waals surface area contributed by atoms with E-state index in [1.54, 1.807) is 19.1 Å². The van der Waals surface area contributed by atoms with E-state index in [0.717, 1.165) is 0 Å². The van der Waals surface area contributed by atoms with Crippen molar-refractivity contribution in [3.05, 3.63) is 40.0 Å². The van der Waals surface area contributed by atoms with Gasteiger partial charge in [0.25, 0.3) is 5.91 Å². The van der Waals surface area contributed by atoms with Crippen LogP contribution < -0.4 is 0 Å². The number of esters is 1. The van der Waals surface area contributed by atoms with Crippen molar-refractivity contribution in [2.45, 2.75) is 6.92 Å². The third kappa shape index (κ3) is 4.52. The average molecular weight is 389 g/mol. The molecule has 0 aromatic heterocycles. The summed E-state index contributed by atoms with van der Waals surface area (Å²) in [5.74, 6) is -0.798. The average Bonchev–Trinajstić information content (AvgIpc) is 2.41. The van der Waals surface area contributed by atoms with E-state index in [-0.39, 0.29) is 31.4 Å². The van der Waals surface area contributed by atoms with Crippen LogP contribution in [0.25, 0.3) is 0 Å². The van der Waals surface area contributed by atoms with E-state index >= 15 is 0 Å². The van der Waals surface area contributed by atoms with Gasteiger partial charge in [0.2, 0.25) is 0 Å². The number of nitrogens with zero attached hydrogens (tertiary/aromatic N) is 1. The molecule has 0 unspecified atom stereocenters. The Morgan fingerprint density at radius 1 is 1.50 bits per heavy atom. The number of phenolic OH excluding ortho intramolecular Hbond substituents is 1. The standard InChI is InChI=1S/C14H16INO4/c1-3-7-16(9-13(18)20-4-2)14(19)10-5-6-11(15)12(17)8-10/h3,5-6,8,17H,1,4,7,9H2,2H3. The smallest absolute Gasteiger partial charge is 0.325 e. The van der Waals surface area contributed by atoms with Gasteiger partial charge in [0.1, 0.15) is 12.3 Å². The van der Waals surface area contributed by atoms with Gasteiger partial charge in [-0.15, -0.1) is 6.58 Å². The highest BCUT2D eigenvalue weighted by atomic mass is 127. The molecule has 0 aliphatic rings. The van der Waals surface area contributed by atoms with Gasteiger partial charge in [0.15, 0.2) is 0 Å². The number of carbonyl (C=O) groups is 2. The number of hydrogen-bond acceptors (Lipinski definition) is 4. The van der Waals surface area contributed by atoms with Gasteiger partial charge < -0.3 is 14.7 Å². The summed E-state index contributed by atoms with van der Waals surface area (Å²) in [6, 6.07) is 4.62. The lowest BCUT2D eigenvalue weighted by molar-refractivity contribution is -0.143. The number of benzene rings is 1. The van der Waals surface area contributed by atoms with Crippen molar-refractivity contribution in [2.75, 3.05) is 19.7 Å². The minimum Gasteiger partial charge on any atom is -0.507 e. The van der Waals surface area contributed by atoms with E-state index in [4.69, 9.17) is 4.74 Å². The van der Waals surface area contributed by atoms with Gasteiger partial charge in [-0.1, -0.05) is 6.08 Å². The SMILES string of the molecule is C=CCN(CC(=O)OCC)C(=O)c1ccc(I)c(O)c1. The van der Waals surface area contributed by atoms with Crippen LogP contribution in [0.1, 0.15) is 17.3 Å². The van der Waals surface area contributed by atoms with Gasteiger partial charge in [-0.2, -0.15) is 0 Å². The molecule has 0 saturated heterocycles. The Bertz CT molecular complexity index is 516. The summed E-state index contributed by atoms with van der Waals surface area (Å²) in [6.07, 6.45) is 1.53. The highest BCUT2D eigenvalue weighted by Gasteiger charge is 2.19. The fourth-order valence-electron chi connectivity index (χ4n) is 1.57. The molecule has 0 heterocycles. The quantitative estimate of drug-likeness (QED) is 0.460. The van der Waals surface area contributed by atoms with Crippen LogP contribution in [-0.2, 0) is 9.53 Å². The molecule has 0 fully saturated rings.